The Bertz CT molecular complexity index is 528. The third-order valence-corrected chi connectivity index (χ3v) is 4.58. The van der Waals surface area contributed by atoms with Crippen LogP contribution >= 0.6 is 11.3 Å². The summed E-state index contributed by atoms with van der Waals surface area (Å²) in [6, 6.07) is 3.73. The Morgan fingerprint density at radius 3 is 2.95 bits per heavy atom. The maximum atomic E-state index is 12.2. The number of methoxy groups -OCH3 is 2. The molecule has 8 heteroatoms. The van der Waals surface area contributed by atoms with Crippen molar-refractivity contribution in [2.45, 2.75) is 0 Å². The lowest BCUT2D eigenvalue weighted by atomic mass is 10.2. The van der Waals surface area contributed by atoms with E-state index in [0.29, 0.717) is 18.9 Å². The summed E-state index contributed by atoms with van der Waals surface area (Å²) in [6.45, 7) is 0.634. The molecule has 108 valence electrons. The van der Waals surface area contributed by atoms with Gasteiger partial charge in [-0.05, 0) is 15.8 Å². The molecule has 0 aromatic carbocycles. The number of rotatable bonds is 5. The monoisotopic (exact) mass is 314 g/mol. The van der Waals surface area contributed by atoms with Crippen molar-refractivity contribution in [3.05, 3.63) is 34.2 Å². The predicted molar refractivity (Wildman–Crippen MR) is 77.7 cm³/mol. The van der Waals surface area contributed by atoms with Gasteiger partial charge in [-0.3, -0.25) is 0 Å². The molecule has 0 saturated carbocycles. The van der Waals surface area contributed by atoms with Gasteiger partial charge in [0.2, 0.25) is 11.5 Å². The van der Waals surface area contributed by atoms with E-state index in [0.717, 1.165) is 4.88 Å². The number of hydrogen-bond acceptors (Lipinski definition) is 7. The number of carbonyl (C=O) groups is 1. The second-order valence-electron chi connectivity index (χ2n) is 3.80. The van der Waals surface area contributed by atoms with Gasteiger partial charge in [-0.1, -0.05) is 6.07 Å². The van der Waals surface area contributed by atoms with Crippen molar-refractivity contribution in [3.8, 4) is 0 Å². The minimum Gasteiger partial charge on any atom is -0.566 e. The second-order valence-corrected chi connectivity index (χ2v) is 5.83. The predicted octanol–water partition coefficient (Wildman–Crippen LogP) is 1.13. The summed E-state index contributed by atoms with van der Waals surface area (Å²) in [4.78, 5) is 12.7. The molecule has 0 fully saturated rings. The molecule has 1 unspecified atom stereocenters. The van der Waals surface area contributed by atoms with E-state index in [1.807, 2.05) is 17.5 Å². The van der Waals surface area contributed by atoms with Crippen LogP contribution in [0.15, 0.2) is 33.7 Å². The van der Waals surface area contributed by atoms with Crippen LogP contribution in [0.3, 0.4) is 0 Å². The molecule has 2 rings (SSSR count). The highest BCUT2D eigenvalue weighted by atomic mass is 32.2. The molecule has 1 aromatic heterocycles. The van der Waals surface area contributed by atoms with E-state index in [1.54, 1.807) is 6.08 Å². The molecule has 0 spiro atoms. The highest BCUT2D eigenvalue weighted by Gasteiger charge is 2.33. The number of nitrogens with zero attached hydrogens (tertiary/aromatic N) is 2. The fourth-order valence-electron chi connectivity index (χ4n) is 1.62. The van der Waals surface area contributed by atoms with Crippen LogP contribution in [-0.2, 0) is 25.8 Å². The van der Waals surface area contributed by atoms with Crippen LogP contribution in [0.4, 0.5) is 0 Å². The molecule has 1 atom stereocenters. The minimum absolute atomic E-state index is 0.223. The van der Waals surface area contributed by atoms with E-state index in [1.165, 1.54) is 29.9 Å². The van der Waals surface area contributed by atoms with Gasteiger partial charge in [0.05, 0.1) is 25.1 Å². The first-order valence-electron chi connectivity index (χ1n) is 5.78. The van der Waals surface area contributed by atoms with E-state index in [4.69, 9.17) is 9.47 Å². The van der Waals surface area contributed by atoms with Gasteiger partial charge in [0, 0.05) is 13.2 Å². The molecule has 1 aliphatic heterocycles. The number of allylic oxidation sites excluding steroid dienone is 1. The van der Waals surface area contributed by atoms with Gasteiger partial charge in [0.25, 0.3) is 0 Å². The summed E-state index contributed by atoms with van der Waals surface area (Å²) in [5, 5.41) is 1.89. The van der Waals surface area contributed by atoms with Crippen molar-refractivity contribution in [2.75, 3.05) is 27.4 Å². The van der Waals surface area contributed by atoms with Crippen LogP contribution in [0.1, 0.15) is 4.88 Å². The highest BCUT2D eigenvalue weighted by Crippen LogP contribution is 2.23. The quantitative estimate of drug-likeness (QED) is 0.602. The normalized spacial score (nSPS) is 18.6. The SMILES string of the molecule is COCCN1C(C(=O)OC)=CC(c2cccs2)=N[S+]1[O-]. The van der Waals surface area contributed by atoms with Crippen LogP contribution in [0, 0.1) is 0 Å². The molecule has 1 aromatic rings. The fourth-order valence-corrected chi connectivity index (χ4v) is 3.31. The third kappa shape index (κ3) is 3.21. The summed E-state index contributed by atoms with van der Waals surface area (Å²) in [5.74, 6) is -0.543. The molecule has 0 bridgehead atoms. The Labute approximate surface area is 124 Å². The van der Waals surface area contributed by atoms with Gasteiger partial charge in [0.15, 0.2) is 5.70 Å². The zero-order valence-corrected chi connectivity index (χ0v) is 12.7. The first kappa shape index (κ1) is 15.0. The molecule has 1 aliphatic rings. The van der Waals surface area contributed by atoms with Crippen molar-refractivity contribution in [1.82, 2.24) is 4.31 Å². The van der Waals surface area contributed by atoms with Gasteiger partial charge in [-0.25, -0.2) is 4.79 Å². The first-order chi connectivity index (χ1) is 9.67. The summed E-state index contributed by atoms with van der Waals surface area (Å²) in [6.07, 6.45) is 1.59. The molecular formula is C12H14N2O4S2. The Morgan fingerprint density at radius 2 is 2.35 bits per heavy atom. The van der Waals surface area contributed by atoms with Gasteiger partial charge < -0.3 is 14.0 Å². The van der Waals surface area contributed by atoms with Crippen molar-refractivity contribution in [2.24, 2.45) is 4.40 Å². The van der Waals surface area contributed by atoms with E-state index in [-0.39, 0.29) is 5.70 Å². The Hall–Kier alpha value is -1.35. The van der Waals surface area contributed by atoms with Crippen LogP contribution in [0.5, 0.6) is 0 Å². The Kier molecular flexibility index (Phi) is 5.18. The first-order valence-corrected chi connectivity index (χ1v) is 7.72. The van der Waals surface area contributed by atoms with E-state index in [9.17, 15) is 9.35 Å². The molecule has 6 nitrogen and oxygen atoms in total. The number of carbonyl (C=O) groups excluding carboxylic acids is 1. The summed E-state index contributed by atoms with van der Waals surface area (Å²) in [7, 11) is 2.83. The van der Waals surface area contributed by atoms with Crippen LogP contribution in [0.25, 0.3) is 0 Å². The summed E-state index contributed by atoms with van der Waals surface area (Å²) < 4.78 is 27.4. The molecule has 0 radical (unpaired) electrons. The number of ether oxygens (including phenoxy) is 2. The van der Waals surface area contributed by atoms with Gasteiger partial charge >= 0.3 is 5.97 Å². The Balaban J connectivity index is 2.31. The van der Waals surface area contributed by atoms with Gasteiger partial charge in [-0.2, -0.15) is 4.31 Å². The highest BCUT2D eigenvalue weighted by molar-refractivity contribution is 7.88. The van der Waals surface area contributed by atoms with E-state index >= 15 is 0 Å². The zero-order chi connectivity index (χ0) is 14.5. The van der Waals surface area contributed by atoms with Crippen LogP contribution < -0.4 is 0 Å². The summed E-state index contributed by atoms with van der Waals surface area (Å²) >= 11 is -0.201. The molecule has 20 heavy (non-hydrogen) atoms. The second kappa shape index (κ2) is 6.89. The lowest BCUT2D eigenvalue weighted by Gasteiger charge is -2.25. The third-order valence-electron chi connectivity index (χ3n) is 2.57. The number of thiophene rings is 1. The molecule has 2 heterocycles. The number of esters is 1. The average Bonchev–Trinajstić information content (AvgIpc) is 2.98. The van der Waals surface area contributed by atoms with Crippen LogP contribution in [0.2, 0.25) is 0 Å². The standard InChI is InChI=1S/C12H14N2O4S2/c1-17-6-5-14-10(12(15)18-2)8-9(13-20(14)16)11-4-3-7-19-11/h3-4,7-8H,5-6H2,1-2H3. The smallest absolute Gasteiger partial charge is 0.359 e. The zero-order valence-electron chi connectivity index (χ0n) is 11.1. The van der Waals surface area contributed by atoms with E-state index in [2.05, 4.69) is 4.40 Å². The minimum atomic E-state index is -1.67. The molecule has 0 aliphatic carbocycles. The molecule has 0 amide bonds. The Morgan fingerprint density at radius 1 is 1.55 bits per heavy atom. The molecule has 0 N–H and O–H groups in total. The van der Waals surface area contributed by atoms with Crippen LogP contribution in [-0.4, -0.2) is 47.9 Å². The van der Waals surface area contributed by atoms with Gasteiger partial charge in [-0.15, -0.1) is 11.3 Å². The van der Waals surface area contributed by atoms with Crippen molar-refractivity contribution in [1.29, 1.82) is 0 Å². The maximum Gasteiger partial charge on any atom is 0.359 e. The van der Waals surface area contributed by atoms with Crippen molar-refractivity contribution < 1.29 is 18.8 Å². The van der Waals surface area contributed by atoms with Gasteiger partial charge in [0.1, 0.15) is 5.71 Å². The lowest BCUT2D eigenvalue weighted by Crippen LogP contribution is -2.38. The number of hydrogen-bond donors (Lipinski definition) is 0. The maximum absolute atomic E-state index is 12.2. The van der Waals surface area contributed by atoms with E-state index < -0.39 is 17.5 Å². The topological polar surface area (TPSA) is 74.2 Å². The summed E-state index contributed by atoms with van der Waals surface area (Å²) in [5.41, 5.74) is 0.744. The molecule has 0 saturated heterocycles. The average molecular weight is 314 g/mol. The largest absolute Gasteiger partial charge is 0.566 e. The fraction of sp³-hybridized carbons (Fsp3) is 0.333. The van der Waals surface area contributed by atoms with Crippen molar-refractivity contribution >= 4 is 34.6 Å². The van der Waals surface area contributed by atoms with Crippen molar-refractivity contribution in [3.63, 3.8) is 0 Å². The molecular weight excluding hydrogens is 300 g/mol. The lowest BCUT2D eigenvalue weighted by molar-refractivity contribution is -0.137.